The number of epoxide rings is 1. The van der Waals surface area contributed by atoms with E-state index in [2.05, 4.69) is 6.92 Å². The third-order valence-electron chi connectivity index (χ3n) is 4.52. The lowest BCUT2D eigenvalue weighted by Gasteiger charge is -2.06. The van der Waals surface area contributed by atoms with Crippen LogP contribution in [0.2, 0.25) is 0 Å². The van der Waals surface area contributed by atoms with Gasteiger partial charge in [-0.3, -0.25) is 9.59 Å². The van der Waals surface area contributed by atoms with E-state index in [1.54, 1.807) is 14.1 Å². The van der Waals surface area contributed by atoms with Crippen molar-refractivity contribution in [1.29, 1.82) is 0 Å². The Morgan fingerprint density at radius 2 is 1.26 bits per heavy atom. The zero-order valence-electron chi connectivity index (χ0n) is 15.3. The van der Waals surface area contributed by atoms with Crippen LogP contribution in [0, 0.1) is 0 Å². The molecule has 134 valence electrons. The van der Waals surface area contributed by atoms with Gasteiger partial charge in [-0.1, -0.05) is 71.1 Å². The highest BCUT2D eigenvalue weighted by molar-refractivity contribution is 5.95. The molecular formula is C19H35NO3. The summed E-state index contributed by atoms with van der Waals surface area (Å²) in [5.74, 6) is 0.00316. The molecule has 1 heterocycles. The van der Waals surface area contributed by atoms with Crippen LogP contribution in [0.5, 0.6) is 0 Å². The molecule has 0 radical (unpaired) electrons. The maximum absolute atomic E-state index is 11.9. The minimum absolute atomic E-state index is 0.0951. The fraction of sp³-hybridized carbons (Fsp3) is 0.895. The second kappa shape index (κ2) is 11.6. The highest BCUT2D eigenvalue weighted by Crippen LogP contribution is 2.26. The second-order valence-corrected chi connectivity index (χ2v) is 6.96. The summed E-state index contributed by atoms with van der Waals surface area (Å²) in [6.07, 6.45) is 13.6. The molecule has 0 bridgehead atoms. The first-order valence-electron chi connectivity index (χ1n) is 9.47. The Bertz CT molecular complexity index is 355. The van der Waals surface area contributed by atoms with Gasteiger partial charge in [-0.2, -0.15) is 0 Å². The minimum atomic E-state index is -0.509. The maximum atomic E-state index is 11.9. The SMILES string of the molecule is CCCCCCCCCCCCCC(=O)[C@H]1O[C@H]1C(=O)N(C)C. The van der Waals surface area contributed by atoms with Gasteiger partial charge >= 0.3 is 0 Å². The molecule has 0 aromatic heterocycles. The molecule has 1 fully saturated rings. The van der Waals surface area contributed by atoms with Gasteiger partial charge in [-0.05, 0) is 6.42 Å². The van der Waals surface area contributed by atoms with Gasteiger partial charge in [-0.25, -0.2) is 0 Å². The van der Waals surface area contributed by atoms with Crippen molar-refractivity contribution in [3.8, 4) is 0 Å². The van der Waals surface area contributed by atoms with Crippen LogP contribution in [0.25, 0.3) is 0 Å². The monoisotopic (exact) mass is 325 g/mol. The van der Waals surface area contributed by atoms with Crippen molar-refractivity contribution in [3.63, 3.8) is 0 Å². The van der Waals surface area contributed by atoms with Crippen LogP contribution in [-0.4, -0.2) is 42.9 Å². The Balaban J connectivity index is 1.88. The van der Waals surface area contributed by atoms with Gasteiger partial charge in [0.05, 0.1) is 0 Å². The summed E-state index contributed by atoms with van der Waals surface area (Å²) in [5, 5.41) is 0. The Morgan fingerprint density at radius 1 is 0.783 bits per heavy atom. The molecule has 23 heavy (non-hydrogen) atoms. The van der Waals surface area contributed by atoms with Gasteiger partial charge in [0.15, 0.2) is 18.0 Å². The average Bonchev–Trinajstić information content (AvgIpc) is 3.32. The zero-order chi connectivity index (χ0) is 17.1. The molecule has 0 aromatic rings. The number of Topliss-reactive ketones (excluding diaryl/α,β-unsaturated/α-hetero) is 1. The van der Waals surface area contributed by atoms with Crippen molar-refractivity contribution < 1.29 is 14.3 Å². The molecule has 4 heteroatoms. The summed E-state index contributed by atoms with van der Waals surface area (Å²) in [6, 6.07) is 0. The van der Waals surface area contributed by atoms with Crippen LogP contribution in [0.1, 0.15) is 84.0 Å². The number of unbranched alkanes of at least 4 members (excludes halogenated alkanes) is 10. The molecule has 1 rings (SSSR count). The van der Waals surface area contributed by atoms with Crippen LogP contribution in [0.3, 0.4) is 0 Å². The van der Waals surface area contributed by atoms with Gasteiger partial charge in [0.2, 0.25) is 0 Å². The second-order valence-electron chi connectivity index (χ2n) is 6.96. The van der Waals surface area contributed by atoms with Crippen LogP contribution < -0.4 is 0 Å². The van der Waals surface area contributed by atoms with Crippen LogP contribution in [0.15, 0.2) is 0 Å². The van der Waals surface area contributed by atoms with Crippen molar-refractivity contribution >= 4 is 11.7 Å². The number of likely N-dealkylation sites (N-methyl/N-ethyl adjacent to an activating group) is 1. The molecule has 1 aliphatic heterocycles. The van der Waals surface area contributed by atoms with Crippen molar-refractivity contribution in [2.24, 2.45) is 0 Å². The number of amides is 1. The third kappa shape index (κ3) is 8.50. The van der Waals surface area contributed by atoms with E-state index in [1.165, 1.54) is 62.7 Å². The lowest BCUT2D eigenvalue weighted by Crippen LogP contribution is -2.29. The topological polar surface area (TPSA) is 49.9 Å². The standard InChI is InChI=1S/C19H35NO3/c1-4-5-6-7-8-9-10-11-12-13-14-15-16(21)17-18(23-17)19(22)20(2)3/h17-18H,4-15H2,1-3H3/t17-,18-/m1/s1. The fourth-order valence-corrected chi connectivity index (χ4v) is 2.91. The Morgan fingerprint density at radius 3 is 1.74 bits per heavy atom. The van der Waals surface area contributed by atoms with Gasteiger partial charge in [0, 0.05) is 20.5 Å². The Labute approximate surface area is 141 Å². The summed E-state index contributed by atoms with van der Waals surface area (Å²) >= 11 is 0. The number of hydrogen-bond acceptors (Lipinski definition) is 3. The molecule has 0 saturated carbocycles. The molecule has 0 N–H and O–H groups in total. The molecule has 0 aliphatic carbocycles. The first-order valence-corrected chi connectivity index (χ1v) is 9.47. The molecule has 0 spiro atoms. The summed E-state index contributed by atoms with van der Waals surface area (Å²) in [5.41, 5.74) is 0. The average molecular weight is 325 g/mol. The number of ether oxygens (including phenoxy) is 1. The van der Waals surface area contributed by atoms with Crippen LogP contribution in [-0.2, 0) is 14.3 Å². The first-order chi connectivity index (χ1) is 11.1. The minimum Gasteiger partial charge on any atom is -0.351 e. The van der Waals surface area contributed by atoms with E-state index < -0.39 is 12.2 Å². The molecule has 1 aliphatic rings. The van der Waals surface area contributed by atoms with Crippen molar-refractivity contribution in [2.75, 3.05) is 14.1 Å². The normalized spacial score (nSPS) is 19.6. The number of rotatable bonds is 14. The van der Waals surface area contributed by atoms with Crippen molar-refractivity contribution in [3.05, 3.63) is 0 Å². The predicted octanol–water partition coefficient (Wildman–Crippen LogP) is 4.11. The largest absolute Gasteiger partial charge is 0.351 e. The first kappa shape index (κ1) is 20.1. The smallest absolute Gasteiger partial charge is 0.254 e. The number of carbonyl (C=O) groups is 2. The molecule has 2 atom stereocenters. The Hall–Kier alpha value is -0.900. The number of carbonyl (C=O) groups excluding carboxylic acids is 2. The van der Waals surface area contributed by atoms with Gasteiger partial charge in [-0.15, -0.1) is 0 Å². The van der Waals surface area contributed by atoms with Gasteiger partial charge in [0.25, 0.3) is 5.91 Å². The fourth-order valence-electron chi connectivity index (χ4n) is 2.91. The zero-order valence-corrected chi connectivity index (χ0v) is 15.3. The predicted molar refractivity (Wildman–Crippen MR) is 93.4 cm³/mol. The van der Waals surface area contributed by atoms with E-state index in [1.807, 2.05) is 0 Å². The van der Waals surface area contributed by atoms with Crippen LogP contribution in [0.4, 0.5) is 0 Å². The molecular weight excluding hydrogens is 290 g/mol. The molecule has 1 amide bonds. The third-order valence-corrected chi connectivity index (χ3v) is 4.52. The lowest BCUT2D eigenvalue weighted by molar-refractivity contribution is -0.130. The van der Waals surface area contributed by atoms with E-state index in [4.69, 9.17) is 4.74 Å². The quantitative estimate of drug-likeness (QED) is 0.357. The molecule has 4 nitrogen and oxygen atoms in total. The van der Waals surface area contributed by atoms with E-state index in [9.17, 15) is 9.59 Å². The number of nitrogens with zero attached hydrogens (tertiary/aromatic N) is 1. The molecule has 1 saturated heterocycles. The lowest BCUT2D eigenvalue weighted by atomic mass is 10.0. The summed E-state index contributed by atoms with van der Waals surface area (Å²) in [4.78, 5) is 25.0. The van der Waals surface area contributed by atoms with E-state index in [0.717, 1.165) is 12.8 Å². The maximum Gasteiger partial charge on any atom is 0.254 e. The Kier molecular flexibility index (Phi) is 10.2. The van der Waals surface area contributed by atoms with Crippen LogP contribution >= 0.6 is 0 Å². The van der Waals surface area contributed by atoms with Crippen molar-refractivity contribution in [1.82, 2.24) is 4.90 Å². The highest BCUT2D eigenvalue weighted by Gasteiger charge is 2.49. The van der Waals surface area contributed by atoms with E-state index in [-0.39, 0.29) is 11.7 Å². The molecule has 0 aromatic carbocycles. The van der Waals surface area contributed by atoms with E-state index in [0.29, 0.717) is 6.42 Å². The summed E-state index contributed by atoms with van der Waals surface area (Å²) in [6.45, 7) is 2.25. The van der Waals surface area contributed by atoms with Crippen molar-refractivity contribution in [2.45, 2.75) is 96.2 Å². The highest BCUT2D eigenvalue weighted by atomic mass is 16.6. The summed E-state index contributed by atoms with van der Waals surface area (Å²) < 4.78 is 5.21. The van der Waals surface area contributed by atoms with E-state index >= 15 is 0 Å². The summed E-state index contributed by atoms with van der Waals surface area (Å²) in [7, 11) is 3.38. The van der Waals surface area contributed by atoms with Gasteiger partial charge < -0.3 is 9.64 Å². The number of hydrogen-bond donors (Lipinski definition) is 0. The van der Waals surface area contributed by atoms with Gasteiger partial charge in [0.1, 0.15) is 0 Å². The molecule has 0 unspecified atom stereocenters. The number of ketones is 1.